The molecule has 2 atom stereocenters. The van der Waals surface area contributed by atoms with E-state index in [2.05, 4.69) is 5.32 Å². The van der Waals surface area contributed by atoms with Crippen LogP contribution < -0.4 is 11.1 Å². The van der Waals surface area contributed by atoms with Gasteiger partial charge in [0.15, 0.2) is 0 Å². The molecule has 0 spiro atoms. The van der Waals surface area contributed by atoms with Crippen LogP contribution in [0.15, 0.2) is 24.3 Å². The lowest BCUT2D eigenvalue weighted by molar-refractivity contribution is -0.122. The standard InChI is InChI=1S/C13H17ClN2O.ClH/c14-10-4-1-3-9(7-10)11-8-12(11)13(17)16-6-2-5-15;/h1,3-4,7,11-12H,2,5-6,8,15H2,(H,16,17);1H. The fourth-order valence-electron chi connectivity index (χ4n) is 2.04. The Morgan fingerprint density at radius 3 is 2.94 bits per heavy atom. The zero-order chi connectivity index (χ0) is 12.3. The van der Waals surface area contributed by atoms with Crippen LogP contribution >= 0.6 is 24.0 Å². The summed E-state index contributed by atoms with van der Waals surface area (Å²) in [5, 5.41) is 3.64. The Balaban J connectivity index is 0.00000162. The summed E-state index contributed by atoms with van der Waals surface area (Å²) < 4.78 is 0. The van der Waals surface area contributed by atoms with E-state index in [9.17, 15) is 4.79 Å². The first-order valence-corrected chi connectivity index (χ1v) is 6.33. The van der Waals surface area contributed by atoms with E-state index in [1.165, 1.54) is 0 Å². The van der Waals surface area contributed by atoms with Crippen molar-refractivity contribution in [2.24, 2.45) is 11.7 Å². The van der Waals surface area contributed by atoms with Gasteiger partial charge in [-0.1, -0.05) is 23.7 Å². The van der Waals surface area contributed by atoms with E-state index >= 15 is 0 Å². The van der Waals surface area contributed by atoms with Crippen LogP contribution in [-0.2, 0) is 4.79 Å². The van der Waals surface area contributed by atoms with Crippen molar-refractivity contribution < 1.29 is 4.79 Å². The number of carbonyl (C=O) groups is 1. The van der Waals surface area contributed by atoms with Gasteiger partial charge in [-0.05, 0) is 43.0 Å². The topological polar surface area (TPSA) is 55.1 Å². The van der Waals surface area contributed by atoms with E-state index in [-0.39, 0.29) is 24.2 Å². The summed E-state index contributed by atoms with van der Waals surface area (Å²) in [6.45, 7) is 1.29. The summed E-state index contributed by atoms with van der Waals surface area (Å²) in [5.74, 6) is 0.598. The Bertz CT molecular complexity index is 412. The molecule has 3 N–H and O–H groups in total. The number of hydrogen-bond acceptors (Lipinski definition) is 2. The minimum absolute atomic E-state index is 0. The maximum Gasteiger partial charge on any atom is 0.223 e. The Labute approximate surface area is 118 Å². The number of nitrogens with two attached hydrogens (primary N) is 1. The molecule has 2 unspecified atom stereocenters. The molecule has 0 bridgehead atoms. The van der Waals surface area contributed by atoms with Crippen LogP contribution in [0.1, 0.15) is 24.3 Å². The van der Waals surface area contributed by atoms with Crippen molar-refractivity contribution in [1.29, 1.82) is 0 Å². The van der Waals surface area contributed by atoms with Gasteiger partial charge in [-0.25, -0.2) is 0 Å². The van der Waals surface area contributed by atoms with Crippen molar-refractivity contribution in [3.05, 3.63) is 34.9 Å². The third-order valence-electron chi connectivity index (χ3n) is 3.08. The molecule has 0 radical (unpaired) electrons. The van der Waals surface area contributed by atoms with Gasteiger partial charge in [0.2, 0.25) is 5.91 Å². The van der Waals surface area contributed by atoms with Gasteiger partial charge in [-0.2, -0.15) is 0 Å². The van der Waals surface area contributed by atoms with E-state index in [1.807, 2.05) is 24.3 Å². The SMILES string of the molecule is Cl.NCCCNC(=O)C1CC1c1cccc(Cl)c1. The van der Waals surface area contributed by atoms with Gasteiger partial charge >= 0.3 is 0 Å². The van der Waals surface area contributed by atoms with Crippen molar-refractivity contribution in [2.45, 2.75) is 18.8 Å². The summed E-state index contributed by atoms with van der Waals surface area (Å²) in [6, 6.07) is 7.76. The smallest absolute Gasteiger partial charge is 0.223 e. The van der Waals surface area contributed by atoms with Gasteiger partial charge in [-0.3, -0.25) is 4.79 Å². The second-order valence-corrected chi connectivity index (χ2v) is 4.87. The molecule has 0 aromatic heterocycles. The first-order valence-electron chi connectivity index (χ1n) is 5.95. The lowest BCUT2D eigenvalue weighted by atomic mass is 10.1. The molecule has 3 nitrogen and oxygen atoms in total. The fraction of sp³-hybridized carbons (Fsp3) is 0.462. The largest absolute Gasteiger partial charge is 0.356 e. The van der Waals surface area contributed by atoms with Crippen LogP contribution in [0.25, 0.3) is 0 Å². The van der Waals surface area contributed by atoms with Gasteiger partial charge < -0.3 is 11.1 Å². The molecule has 0 saturated heterocycles. The summed E-state index contributed by atoms with van der Waals surface area (Å²) in [5.41, 5.74) is 6.54. The molecule has 1 aliphatic carbocycles. The molecule has 5 heteroatoms. The Kier molecular flexibility index (Phi) is 5.93. The van der Waals surface area contributed by atoms with E-state index in [0.29, 0.717) is 19.0 Å². The van der Waals surface area contributed by atoms with Crippen LogP contribution in [0.2, 0.25) is 5.02 Å². The predicted octanol–water partition coefficient (Wildman–Crippen LogP) is 2.33. The van der Waals surface area contributed by atoms with Gasteiger partial charge in [0.05, 0.1) is 0 Å². The zero-order valence-electron chi connectivity index (χ0n) is 10.1. The Morgan fingerprint density at radius 1 is 1.50 bits per heavy atom. The lowest BCUT2D eigenvalue weighted by Crippen LogP contribution is -2.27. The normalized spacial score (nSPS) is 21.0. The number of carbonyl (C=O) groups excluding carboxylic acids is 1. The van der Waals surface area contributed by atoms with Crippen molar-refractivity contribution in [1.82, 2.24) is 5.32 Å². The molecular weight excluding hydrogens is 271 g/mol. The van der Waals surface area contributed by atoms with Crippen LogP contribution in [0.3, 0.4) is 0 Å². The minimum atomic E-state index is 0. The molecule has 0 aliphatic heterocycles. The van der Waals surface area contributed by atoms with Crippen molar-refractivity contribution in [3.63, 3.8) is 0 Å². The minimum Gasteiger partial charge on any atom is -0.356 e. The quantitative estimate of drug-likeness (QED) is 0.817. The van der Waals surface area contributed by atoms with Gasteiger partial charge in [0, 0.05) is 17.5 Å². The van der Waals surface area contributed by atoms with Crippen molar-refractivity contribution in [2.75, 3.05) is 13.1 Å². The highest BCUT2D eigenvalue weighted by Crippen LogP contribution is 2.47. The average Bonchev–Trinajstić information content (AvgIpc) is 3.09. The van der Waals surface area contributed by atoms with Gasteiger partial charge in [0.25, 0.3) is 0 Å². The van der Waals surface area contributed by atoms with Crippen LogP contribution in [0, 0.1) is 5.92 Å². The average molecular weight is 289 g/mol. The van der Waals surface area contributed by atoms with Crippen LogP contribution in [0.4, 0.5) is 0 Å². The number of halogens is 2. The number of hydrogen-bond donors (Lipinski definition) is 2. The Hall–Kier alpha value is -0.770. The van der Waals surface area contributed by atoms with Gasteiger partial charge in [-0.15, -0.1) is 12.4 Å². The summed E-state index contributed by atoms with van der Waals surface area (Å²) in [6.07, 6.45) is 1.76. The third-order valence-corrected chi connectivity index (χ3v) is 3.32. The molecule has 18 heavy (non-hydrogen) atoms. The number of nitrogens with one attached hydrogen (secondary N) is 1. The first kappa shape index (κ1) is 15.3. The first-order chi connectivity index (χ1) is 8.22. The number of amides is 1. The number of rotatable bonds is 5. The molecular formula is C13H18Cl2N2O. The molecule has 1 aromatic carbocycles. The second kappa shape index (κ2) is 6.98. The maximum atomic E-state index is 11.8. The highest BCUT2D eigenvalue weighted by Gasteiger charge is 2.43. The van der Waals surface area contributed by atoms with E-state index in [0.717, 1.165) is 23.4 Å². The van der Waals surface area contributed by atoms with E-state index in [1.54, 1.807) is 0 Å². The van der Waals surface area contributed by atoms with Gasteiger partial charge in [0.1, 0.15) is 0 Å². The van der Waals surface area contributed by atoms with Crippen LogP contribution in [0.5, 0.6) is 0 Å². The molecule has 1 saturated carbocycles. The van der Waals surface area contributed by atoms with Crippen molar-refractivity contribution >= 4 is 29.9 Å². The van der Waals surface area contributed by atoms with Crippen LogP contribution in [-0.4, -0.2) is 19.0 Å². The van der Waals surface area contributed by atoms with E-state index in [4.69, 9.17) is 17.3 Å². The Morgan fingerprint density at radius 2 is 2.28 bits per heavy atom. The van der Waals surface area contributed by atoms with E-state index < -0.39 is 0 Å². The third kappa shape index (κ3) is 3.87. The lowest BCUT2D eigenvalue weighted by Gasteiger charge is -2.04. The molecule has 100 valence electrons. The van der Waals surface area contributed by atoms with Crippen molar-refractivity contribution in [3.8, 4) is 0 Å². The molecule has 0 heterocycles. The highest BCUT2D eigenvalue weighted by molar-refractivity contribution is 6.30. The fourth-order valence-corrected chi connectivity index (χ4v) is 2.23. The number of benzene rings is 1. The molecule has 1 fully saturated rings. The maximum absolute atomic E-state index is 11.8. The summed E-state index contributed by atoms with van der Waals surface area (Å²) in [7, 11) is 0. The monoisotopic (exact) mass is 288 g/mol. The zero-order valence-corrected chi connectivity index (χ0v) is 11.6. The molecule has 2 rings (SSSR count). The highest BCUT2D eigenvalue weighted by atomic mass is 35.5. The summed E-state index contributed by atoms with van der Waals surface area (Å²) >= 11 is 5.93. The summed E-state index contributed by atoms with van der Waals surface area (Å²) in [4.78, 5) is 11.8. The molecule has 1 aromatic rings. The molecule has 1 aliphatic rings. The predicted molar refractivity (Wildman–Crippen MR) is 76.2 cm³/mol. The molecule has 1 amide bonds. The second-order valence-electron chi connectivity index (χ2n) is 4.44.